The second-order valence-electron chi connectivity index (χ2n) is 3.43. The number of aryl methyl sites for hydroxylation is 1. The molecule has 1 aromatic carbocycles. The summed E-state index contributed by atoms with van der Waals surface area (Å²) in [6.45, 7) is 2.69. The zero-order valence-electron chi connectivity index (χ0n) is 9.42. The van der Waals surface area contributed by atoms with Gasteiger partial charge in [0.25, 0.3) is 0 Å². The Labute approximate surface area is 108 Å². The Hall–Kier alpha value is -1.27. The van der Waals surface area contributed by atoms with Crippen molar-refractivity contribution >= 4 is 28.4 Å². The second kappa shape index (κ2) is 5.88. The molecule has 0 amide bonds. The largest absolute Gasteiger partial charge is 0.493 e. The van der Waals surface area contributed by atoms with Gasteiger partial charge in [-0.25, -0.2) is 0 Å². The highest BCUT2D eigenvalue weighted by molar-refractivity contribution is 7.99. The minimum Gasteiger partial charge on any atom is -0.493 e. The van der Waals surface area contributed by atoms with Crippen LogP contribution in [0.4, 0.5) is 5.13 Å². The van der Waals surface area contributed by atoms with Gasteiger partial charge >= 0.3 is 0 Å². The van der Waals surface area contributed by atoms with E-state index in [1.54, 1.807) is 11.8 Å². The van der Waals surface area contributed by atoms with Crippen molar-refractivity contribution in [2.24, 2.45) is 0 Å². The second-order valence-corrected chi connectivity index (χ2v) is 5.27. The molecule has 0 spiro atoms. The van der Waals surface area contributed by atoms with Gasteiger partial charge in [0.15, 0.2) is 0 Å². The highest BCUT2D eigenvalue weighted by Crippen LogP contribution is 2.18. The first-order valence-corrected chi connectivity index (χ1v) is 6.91. The Balaban J connectivity index is 1.71. The molecule has 0 aliphatic rings. The van der Waals surface area contributed by atoms with E-state index in [4.69, 9.17) is 10.5 Å². The Morgan fingerprint density at radius 1 is 1.35 bits per heavy atom. The number of nitrogens with zero attached hydrogens (tertiary/aromatic N) is 2. The third-order valence-electron chi connectivity index (χ3n) is 2.03. The Bertz CT molecular complexity index is 470. The Morgan fingerprint density at radius 2 is 2.12 bits per heavy atom. The maximum Gasteiger partial charge on any atom is 0.202 e. The minimum absolute atomic E-state index is 0.506. The van der Waals surface area contributed by atoms with Crippen molar-refractivity contribution in [3.8, 4) is 5.75 Å². The van der Waals surface area contributed by atoms with Gasteiger partial charge in [0.2, 0.25) is 10.3 Å². The summed E-state index contributed by atoms with van der Waals surface area (Å²) in [5.74, 6) is 1.70. The standard InChI is InChI=1S/C11H13N3OS2/c1-8-2-4-9(5-3-8)15-6-7-16-11-13-10(12)17-14-11/h2-5H,6-7H2,1H3,(H2,12,13,14). The van der Waals surface area contributed by atoms with Gasteiger partial charge in [0.1, 0.15) is 5.75 Å². The number of anilines is 1. The molecule has 4 nitrogen and oxygen atoms in total. The molecule has 0 fully saturated rings. The lowest BCUT2D eigenvalue weighted by atomic mass is 10.2. The van der Waals surface area contributed by atoms with Gasteiger partial charge in [-0.15, -0.1) is 0 Å². The molecule has 0 atom stereocenters. The molecule has 0 radical (unpaired) electrons. The van der Waals surface area contributed by atoms with Crippen molar-refractivity contribution in [3.05, 3.63) is 29.8 Å². The third-order valence-corrected chi connectivity index (χ3v) is 3.50. The minimum atomic E-state index is 0.506. The summed E-state index contributed by atoms with van der Waals surface area (Å²) in [6, 6.07) is 8.01. The van der Waals surface area contributed by atoms with E-state index in [-0.39, 0.29) is 0 Å². The summed E-state index contributed by atoms with van der Waals surface area (Å²) in [4.78, 5) is 4.06. The van der Waals surface area contributed by atoms with Crippen molar-refractivity contribution in [2.45, 2.75) is 12.1 Å². The van der Waals surface area contributed by atoms with Crippen LogP contribution in [-0.4, -0.2) is 21.7 Å². The van der Waals surface area contributed by atoms with Crippen molar-refractivity contribution in [1.29, 1.82) is 0 Å². The first kappa shape index (κ1) is 12.2. The Morgan fingerprint density at radius 3 is 2.76 bits per heavy atom. The fourth-order valence-corrected chi connectivity index (χ4v) is 2.44. The summed E-state index contributed by atoms with van der Waals surface area (Å²) in [7, 11) is 0. The monoisotopic (exact) mass is 267 g/mol. The number of benzene rings is 1. The number of hydrogen-bond donors (Lipinski definition) is 1. The molecule has 1 heterocycles. The lowest BCUT2D eigenvalue weighted by Gasteiger charge is -2.04. The van der Waals surface area contributed by atoms with Crippen LogP contribution in [0.3, 0.4) is 0 Å². The maximum absolute atomic E-state index is 5.59. The number of nitrogen functional groups attached to an aromatic ring is 1. The molecule has 2 rings (SSSR count). The van der Waals surface area contributed by atoms with E-state index in [1.807, 2.05) is 24.3 Å². The van der Waals surface area contributed by atoms with Crippen LogP contribution < -0.4 is 10.5 Å². The van der Waals surface area contributed by atoms with Crippen LogP contribution in [0.15, 0.2) is 29.4 Å². The topological polar surface area (TPSA) is 61.0 Å². The van der Waals surface area contributed by atoms with Gasteiger partial charge in [-0.2, -0.15) is 9.36 Å². The summed E-state index contributed by atoms with van der Waals surface area (Å²) < 4.78 is 9.67. The molecule has 6 heteroatoms. The molecule has 0 unspecified atom stereocenters. The van der Waals surface area contributed by atoms with Crippen molar-refractivity contribution in [2.75, 3.05) is 18.1 Å². The summed E-state index contributed by atoms with van der Waals surface area (Å²) in [5, 5.41) is 1.23. The molecule has 0 aliphatic heterocycles. The molecule has 0 saturated heterocycles. The van der Waals surface area contributed by atoms with Crippen LogP contribution >= 0.6 is 23.3 Å². The molecule has 2 N–H and O–H groups in total. The average Bonchev–Trinajstić information content (AvgIpc) is 2.73. The lowest BCUT2D eigenvalue weighted by molar-refractivity contribution is 0.344. The van der Waals surface area contributed by atoms with E-state index in [9.17, 15) is 0 Å². The summed E-state index contributed by atoms with van der Waals surface area (Å²) in [6.07, 6.45) is 0. The first-order valence-electron chi connectivity index (χ1n) is 5.15. The summed E-state index contributed by atoms with van der Waals surface area (Å²) in [5.41, 5.74) is 6.72. The zero-order valence-corrected chi connectivity index (χ0v) is 11.1. The first-order chi connectivity index (χ1) is 8.24. The number of hydrogen-bond acceptors (Lipinski definition) is 6. The van der Waals surface area contributed by atoms with E-state index in [0.717, 1.165) is 16.7 Å². The number of thioether (sulfide) groups is 1. The van der Waals surface area contributed by atoms with Crippen LogP contribution in [0.25, 0.3) is 0 Å². The highest BCUT2D eigenvalue weighted by Gasteiger charge is 2.01. The van der Waals surface area contributed by atoms with Gasteiger partial charge in [-0.05, 0) is 19.1 Å². The fourth-order valence-electron chi connectivity index (χ4n) is 1.21. The molecule has 0 saturated carbocycles. The number of aromatic nitrogens is 2. The molecule has 1 aromatic heterocycles. The normalized spacial score (nSPS) is 10.4. The molecular formula is C11H13N3OS2. The zero-order chi connectivity index (χ0) is 12.1. The number of nitrogens with two attached hydrogens (primary N) is 1. The van der Waals surface area contributed by atoms with E-state index < -0.39 is 0 Å². The number of ether oxygens (including phenoxy) is 1. The van der Waals surface area contributed by atoms with E-state index in [0.29, 0.717) is 11.7 Å². The molecular weight excluding hydrogens is 254 g/mol. The van der Waals surface area contributed by atoms with Crippen LogP contribution in [-0.2, 0) is 0 Å². The quantitative estimate of drug-likeness (QED) is 0.666. The fraction of sp³-hybridized carbons (Fsp3) is 0.273. The smallest absolute Gasteiger partial charge is 0.202 e. The van der Waals surface area contributed by atoms with Crippen LogP contribution in [0, 0.1) is 6.92 Å². The number of rotatable bonds is 5. The van der Waals surface area contributed by atoms with E-state index >= 15 is 0 Å². The molecule has 0 bridgehead atoms. The van der Waals surface area contributed by atoms with Crippen LogP contribution in [0.2, 0.25) is 0 Å². The van der Waals surface area contributed by atoms with Crippen molar-refractivity contribution in [3.63, 3.8) is 0 Å². The van der Waals surface area contributed by atoms with E-state index in [2.05, 4.69) is 16.3 Å². The molecule has 2 aromatic rings. The third kappa shape index (κ3) is 3.90. The summed E-state index contributed by atoms with van der Waals surface area (Å²) >= 11 is 2.76. The molecule has 17 heavy (non-hydrogen) atoms. The maximum atomic E-state index is 5.59. The van der Waals surface area contributed by atoms with Crippen molar-refractivity contribution < 1.29 is 4.74 Å². The van der Waals surface area contributed by atoms with Gasteiger partial charge in [-0.1, -0.05) is 29.5 Å². The average molecular weight is 267 g/mol. The van der Waals surface area contributed by atoms with Crippen molar-refractivity contribution in [1.82, 2.24) is 9.36 Å². The van der Waals surface area contributed by atoms with E-state index in [1.165, 1.54) is 17.1 Å². The molecule has 0 aliphatic carbocycles. The Kier molecular flexibility index (Phi) is 4.22. The molecule has 90 valence electrons. The van der Waals surface area contributed by atoms with Gasteiger partial charge in [0, 0.05) is 17.3 Å². The predicted molar refractivity (Wildman–Crippen MR) is 71.7 cm³/mol. The predicted octanol–water partition coefficient (Wildman–Crippen LogP) is 2.60. The van der Waals surface area contributed by atoms with Gasteiger partial charge in [0.05, 0.1) is 6.61 Å². The lowest BCUT2D eigenvalue weighted by Crippen LogP contribution is -2.00. The van der Waals surface area contributed by atoms with Gasteiger partial charge < -0.3 is 10.5 Å². The van der Waals surface area contributed by atoms with Crippen LogP contribution in [0.1, 0.15) is 5.56 Å². The van der Waals surface area contributed by atoms with Gasteiger partial charge in [-0.3, -0.25) is 0 Å². The van der Waals surface area contributed by atoms with Crippen LogP contribution in [0.5, 0.6) is 5.75 Å². The SMILES string of the molecule is Cc1ccc(OCCSc2nsc(N)n2)cc1. The highest BCUT2D eigenvalue weighted by atomic mass is 32.2.